The van der Waals surface area contributed by atoms with Crippen molar-refractivity contribution in [3.8, 4) is 0 Å². The van der Waals surface area contributed by atoms with Gasteiger partial charge in [-0.1, -0.05) is 20.8 Å². The van der Waals surface area contributed by atoms with Crippen molar-refractivity contribution in [2.75, 3.05) is 25.2 Å². The molecule has 1 aromatic heterocycles. The third-order valence-electron chi connectivity index (χ3n) is 4.16. The van der Waals surface area contributed by atoms with Crippen molar-refractivity contribution < 1.29 is 4.74 Å². The molecule has 0 bridgehead atoms. The van der Waals surface area contributed by atoms with E-state index >= 15 is 0 Å². The Morgan fingerprint density at radius 2 is 2.10 bits per heavy atom. The summed E-state index contributed by atoms with van der Waals surface area (Å²) in [5.74, 6) is 0.810. The summed E-state index contributed by atoms with van der Waals surface area (Å²) in [6.45, 7) is 11.1. The lowest BCUT2D eigenvalue weighted by Crippen LogP contribution is -2.37. The number of ether oxygens (including phenoxy) is 1. The predicted octanol–water partition coefficient (Wildman–Crippen LogP) is 3.15. The van der Waals surface area contributed by atoms with Crippen LogP contribution < -0.4 is 10.6 Å². The highest BCUT2D eigenvalue weighted by Crippen LogP contribution is 2.39. The lowest BCUT2D eigenvalue weighted by molar-refractivity contribution is 0.202. The number of nitrogens with two attached hydrogens (primary N) is 1. The topological polar surface area (TPSA) is 51.4 Å². The van der Waals surface area contributed by atoms with Gasteiger partial charge in [0.1, 0.15) is 0 Å². The molecule has 0 amide bonds. The number of hydrogen-bond donors (Lipinski definition) is 1. The quantitative estimate of drug-likeness (QED) is 0.840. The second kappa shape index (κ2) is 6.63. The Morgan fingerprint density at radius 1 is 1.43 bits per heavy atom. The van der Waals surface area contributed by atoms with Crippen molar-refractivity contribution in [2.24, 2.45) is 11.7 Å². The van der Waals surface area contributed by atoms with Gasteiger partial charge in [-0.25, -0.2) is 4.98 Å². The fraction of sp³-hybridized carbons (Fsp3) is 0.812. The minimum atomic E-state index is 0.0409. The molecule has 4 nitrogen and oxygen atoms in total. The van der Waals surface area contributed by atoms with Crippen LogP contribution in [0.5, 0.6) is 0 Å². The summed E-state index contributed by atoms with van der Waals surface area (Å²) in [7, 11) is 1.76. The zero-order chi connectivity index (χ0) is 15.6. The van der Waals surface area contributed by atoms with Gasteiger partial charge >= 0.3 is 0 Å². The molecule has 1 aromatic rings. The Morgan fingerprint density at radius 3 is 2.52 bits per heavy atom. The monoisotopic (exact) mass is 311 g/mol. The van der Waals surface area contributed by atoms with Crippen LogP contribution in [0.3, 0.4) is 0 Å². The van der Waals surface area contributed by atoms with E-state index in [1.54, 1.807) is 18.4 Å². The number of thiazole rings is 1. The van der Waals surface area contributed by atoms with Crippen LogP contribution in [-0.4, -0.2) is 31.3 Å². The highest BCUT2D eigenvalue weighted by atomic mass is 32.1. The average Bonchev–Trinajstić information content (AvgIpc) is 3.17. The first-order valence-corrected chi connectivity index (χ1v) is 8.66. The number of nitrogens with zero attached hydrogens (tertiary/aromatic N) is 2. The first-order chi connectivity index (χ1) is 9.88. The Labute approximate surface area is 132 Å². The molecule has 0 aromatic carbocycles. The second-order valence-electron chi connectivity index (χ2n) is 6.99. The smallest absolute Gasteiger partial charge is 0.186 e. The van der Waals surface area contributed by atoms with E-state index in [2.05, 4.69) is 32.6 Å². The molecule has 1 aliphatic rings. The van der Waals surface area contributed by atoms with Gasteiger partial charge in [0.05, 0.1) is 12.3 Å². The molecule has 1 saturated carbocycles. The summed E-state index contributed by atoms with van der Waals surface area (Å²) in [5.41, 5.74) is 7.13. The van der Waals surface area contributed by atoms with Gasteiger partial charge in [0, 0.05) is 36.5 Å². The van der Waals surface area contributed by atoms with Crippen LogP contribution in [0.2, 0.25) is 0 Å². The SMILES string of the molecule is COCCN(c1nc(C(C)(C)C)c(CN)s1)C(C)C1CC1. The van der Waals surface area contributed by atoms with Gasteiger partial charge in [-0.3, -0.25) is 0 Å². The number of anilines is 1. The summed E-state index contributed by atoms with van der Waals surface area (Å²) in [6.07, 6.45) is 2.68. The van der Waals surface area contributed by atoms with E-state index in [-0.39, 0.29) is 5.41 Å². The molecule has 120 valence electrons. The zero-order valence-corrected chi connectivity index (χ0v) is 14.8. The Balaban J connectivity index is 2.28. The van der Waals surface area contributed by atoms with Crippen LogP contribution in [0.4, 0.5) is 5.13 Å². The lowest BCUT2D eigenvalue weighted by atomic mass is 9.91. The molecule has 1 atom stereocenters. The Hall–Kier alpha value is -0.650. The van der Waals surface area contributed by atoms with E-state index in [4.69, 9.17) is 15.5 Å². The van der Waals surface area contributed by atoms with E-state index in [1.165, 1.54) is 17.7 Å². The van der Waals surface area contributed by atoms with E-state index < -0.39 is 0 Å². The van der Waals surface area contributed by atoms with Crippen LogP contribution in [0.15, 0.2) is 0 Å². The molecule has 21 heavy (non-hydrogen) atoms. The Bertz CT molecular complexity index is 463. The van der Waals surface area contributed by atoms with Gasteiger partial charge in [0.2, 0.25) is 0 Å². The highest BCUT2D eigenvalue weighted by Gasteiger charge is 2.34. The molecule has 2 N–H and O–H groups in total. The van der Waals surface area contributed by atoms with Gasteiger partial charge in [-0.2, -0.15) is 0 Å². The maximum atomic E-state index is 5.94. The van der Waals surface area contributed by atoms with E-state index in [1.807, 2.05) is 0 Å². The van der Waals surface area contributed by atoms with Crippen molar-refractivity contribution in [2.45, 2.75) is 58.5 Å². The van der Waals surface area contributed by atoms with Crippen molar-refractivity contribution in [1.29, 1.82) is 0 Å². The average molecular weight is 311 g/mol. The van der Waals surface area contributed by atoms with Crippen LogP contribution in [0.1, 0.15) is 51.1 Å². The molecule has 1 fully saturated rings. The van der Waals surface area contributed by atoms with Crippen molar-refractivity contribution in [3.63, 3.8) is 0 Å². The summed E-state index contributed by atoms with van der Waals surface area (Å²) < 4.78 is 5.29. The van der Waals surface area contributed by atoms with Gasteiger partial charge in [-0.15, -0.1) is 11.3 Å². The summed E-state index contributed by atoms with van der Waals surface area (Å²) in [5, 5.41) is 1.11. The number of rotatable bonds is 7. The van der Waals surface area contributed by atoms with Gasteiger partial charge in [0.25, 0.3) is 0 Å². The van der Waals surface area contributed by atoms with Crippen molar-refractivity contribution >= 4 is 16.5 Å². The number of methoxy groups -OCH3 is 1. The first kappa shape index (κ1) is 16.7. The first-order valence-electron chi connectivity index (χ1n) is 7.84. The standard InChI is InChI=1S/C16H29N3OS/c1-11(12-6-7-12)19(8-9-20-5)15-18-14(16(2,3)4)13(10-17)21-15/h11-12H,6-10,17H2,1-5H3. The third kappa shape index (κ3) is 3.96. The summed E-state index contributed by atoms with van der Waals surface area (Å²) >= 11 is 1.75. The van der Waals surface area contributed by atoms with Gasteiger partial charge in [0.15, 0.2) is 5.13 Å². The summed E-state index contributed by atoms with van der Waals surface area (Å²) in [4.78, 5) is 8.57. The van der Waals surface area contributed by atoms with E-state index in [0.29, 0.717) is 12.6 Å². The maximum absolute atomic E-state index is 5.94. The number of hydrogen-bond acceptors (Lipinski definition) is 5. The number of aromatic nitrogens is 1. The largest absolute Gasteiger partial charge is 0.383 e. The van der Waals surface area contributed by atoms with Crippen molar-refractivity contribution in [3.05, 3.63) is 10.6 Å². The molecule has 0 radical (unpaired) electrons. The Kier molecular flexibility index (Phi) is 5.28. The maximum Gasteiger partial charge on any atom is 0.186 e. The van der Waals surface area contributed by atoms with Gasteiger partial charge < -0.3 is 15.4 Å². The van der Waals surface area contributed by atoms with Crippen molar-refractivity contribution in [1.82, 2.24) is 4.98 Å². The normalized spacial score (nSPS) is 17.0. The molecule has 2 rings (SSSR count). The van der Waals surface area contributed by atoms with Crippen LogP contribution in [0, 0.1) is 5.92 Å². The molecular formula is C16H29N3OS. The van der Waals surface area contributed by atoms with Crippen LogP contribution in [-0.2, 0) is 16.7 Å². The molecule has 1 aliphatic carbocycles. The highest BCUT2D eigenvalue weighted by molar-refractivity contribution is 7.15. The lowest BCUT2D eigenvalue weighted by Gasteiger charge is -2.29. The van der Waals surface area contributed by atoms with E-state index in [0.717, 1.165) is 29.9 Å². The van der Waals surface area contributed by atoms with Crippen LogP contribution in [0.25, 0.3) is 0 Å². The molecule has 0 spiro atoms. The molecule has 0 saturated heterocycles. The third-order valence-corrected chi connectivity index (χ3v) is 5.27. The van der Waals surface area contributed by atoms with E-state index in [9.17, 15) is 0 Å². The van der Waals surface area contributed by atoms with Gasteiger partial charge in [-0.05, 0) is 25.7 Å². The second-order valence-corrected chi connectivity index (χ2v) is 8.05. The predicted molar refractivity (Wildman–Crippen MR) is 90.1 cm³/mol. The molecule has 5 heteroatoms. The fourth-order valence-corrected chi connectivity index (χ4v) is 3.95. The molecule has 1 heterocycles. The molecule has 0 aliphatic heterocycles. The minimum Gasteiger partial charge on any atom is -0.383 e. The van der Waals surface area contributed by atoms with Crippen LogP contribution >= 0.6 is 11.3 Å². The minimum absolute atomic E-state index is 0.0409. The molecule has 1 unspecified atom stereocenters. The molecular weight excluding hydrogens is 282 g/mol. The zero-order valence-electron chi connectivity index (χ0n) is 14.0. The summed E-state index contributed by atoms with van der Waals surface area (Å²) in [6, 6.07) is 0.532. The fourth-order valence-electron chi connectivity index (χ4n) is 2.68.